The third kappa shape index (κ3) is 3.11. The number of hydrogen-bond donors (Lipinski definition) is 2. The molecule has 6 heteroatoms. The Morgan fingerprint density at radius 1 is 1.48 bits per heavy atom. The Balaban J connectivity index is 1.57. The highest BCUT2D eigenvalue weighted by molar-refractivity contribution is 7.11. The van der Waals surface area contributed by atoms with E-state index in [0.29, 0.717) is 12.0 Å². The minimum atomic E-state index is 0.358. The van der Waals surface area contributed by atoms with Crippen LogP contribution in [-0.2, 0) is 6.54 Å². The molecule has 0 amide bonds. The van der Waals surface area contributed by atoms with Crippen LogP contribution >= 0.6 is 11.3 Å². The van der Waals surface area contributed by atoms with E-state index in [2.05, 4.69) is 52.2 Å². The van der Waals surface area contributed by atoms with Crippen LogP contribution in [0, 0.1) is 26.7 Å². The molecule has 0 saturated carbocycles. The Kier molecular flexibility index (Phi) is 3.99. The number of rotatable bonds is 4. The van der Waals surface area contributed by atoms with Crippen LogP contribution in [0.5, 0.6) is 0 Å². The SMILES string of the molecule is Cc1cc2n(n1)CC(CNC(C)c1sc(C)nc1C)CN2. The van der Waals surface area contributed by atoms with Crippen LogP contribution in [0.25, 0.3) is 0 Å². The van der Waals surface area contributed by atoms with E-state index < -0.39 is 0 Å². The summed E-state index contributed by atoms with van der Waals surface area (Å²) in [6, 6.07) is 2.47. The molecule has 3 heterocycles. The number of hydrogen-bond acceptors (Lipinski definition) is 5. The van der Waals surface area contributed by atoms with Gasteiger partial charge in [0.15, 0.2) is 0 Å². The van der Waals surface area contributed by atoms with E-state index in [0.717, 1.165) is 41.8 Å². The first-order chi connectivity index (χ1) is 10.0. The molecule has 3 rings (SSSR count). The normalized spacial score (nSPS) is 19.1. The van der Waals surface area contributed by atoms with Gasteiger partial charge in [-0.15, -0.1) is 11.3 Å². The first-order valence-electron chi connectivity index (χ1n) is 7.48. The summed E-state index contributed by atoms with van der Waals surface area (Å²) < 4.78 is 2.08. The Labute approximate surface area is 129 Å². The molecule has 114 valence electrons. The third-order valence-electron chi connectivity index (χ3n) is 3.95. The summed E-state index contributed by atoms with van der Waals surface area (Å²) in [6.45, 7) is 11.4. The molecule has 5 nitrogen and oxygen atoms in total. The molecule has 2 atom stereocenters. The second-order valence-corrected chi connectivity index (χ2v) is 7.15. The van der Waals surface area contributed by atoms with Gasteiger partial charge >= 0.3 is 0 Å². The molecule has 0 fully saturated rings. The van der Waals surface area contributed by atoms with Crippen LogP contribution in [0.15, 0.2) is 6.07 Å². The summed E-state index contributed by atoms with van der Waals surface area (Å²) >= 11 is 1.79. The first kappa shape index (κ1) is 14.5. The first-order valence-corrected chi connectivity index (χ1v) is 8.30. The average molecular weight is 305 g/mol. The highest BCUT2D eigenvalue weighted by Crippen LogP contribution is 2.25. The lowest BCUT2D eigenvalue weighted by Crippen LogP contribution is -2.36. The minimum Gasteiger partial charge on any atom is -0.370 e. The number of thiazole rings is 1. The summed E-state index contributed by atoms with van der Waals surface area (Å²) in [4.78, 5) is 5.87. The molecule has 0 aliphatic carbocycles. The van der Waals surface area contributed by atoms with E-state index in [1.807, 2.05) is 6.92 Å². The van der Waals surface area contributed by atoms with Gasteiger partial charge < -0.3 is 10.6 Å². The number of anilines is 1. The smallest absolute Gasteiger partial charge is 0.124 e. The van der Waals surface area contributed by atoms with Crippen LogP contribution in [0.1, 0.15) is 34.2 Å². The molecule has 2 aromatic rings. The Morgan fingerprint density at radius 2 is 2.29 bits per heavy atom. The quantitative estimate of drug-likeness (QED) is 0.912. The summed E-state index contributed by atoms with van der Waals surface area (Å²) in [7, 11) is 0. The maximum Gasteiger partial charge on any atom is 0.124 e. The van der Waals surface area contributed by atoms with Crippen molar-refractivity contribution in [3.8, 4) is 0 Å². The minimum absolute atomic E-state index is 0.358. The van der Waals surface area contributed by atoms with Crippen molar-refractivity contribution < 1.29 is 0 Å². The maximum absolute atomic E-state index is 4.52. The fraction of sp³-hybridized carbons (Fsp3) is 0.600. The van der Waals surface area contributed by atoms with Crippen LogP contribution in [0.3, 0.4) is 0 Å². The molecule has 1 aliphatic rings. The number of nitrogens with zero attached hydrogens (tertiary/aromatic N) is 3. The second-order valence-electron chi connectivity index (χ2n) is 5.91. The topological polar surface area (TPSA) is 54.8 Å². The predicted octanol–water partition coefficient (Wildman–Crippen LogP) is 2.66. The molecular weight excluding hydrogens is 282 g/mol. The summed E-state index contributed by atoms with van der Waals surface area (Å²) in [6.07, 6.45) is 0. The molecule has 21 heavy (non-hydrogen) atoms. The number of aromatic nitrogens is 3. The maximum atomic E-state index is 4.52. The van der Waals surface area contributed by atoms with E-state index in [1.54, 1.807) is 11.3 Å². The largest absolute Gasteiger partial charge is 0.370 e. The number of aryl methyl sites for hydroxylation is 3. The molecular formula is C15H23N5S. The van der Waals surface area contributed by atoms with Crippen molar-refractivity contribution >= 4 is 17.2 Å². The zero-order chi connectivity index (χ0) is 15.0. The molecule has 0 spiro atoms. The Bertz CT molecular complexity index is 630. The summed E-state index contributed by atoms with van der Waals surface area (Å²) in [5.74, 6) is 1.71. The van der Waals surface area contributed by atoms with Crippen molar-refractivity contribution in [1.82, 2.24) is 20.1 Å². The van der Waals surface area contributed by atoms with Crippen LogP contribution in [0.4, 0.5) is 5.82 Å². The number of nitrogens with one attached hydrogen (secondary N) is 2. The van der Waals surface area contributed by atoms with Crippen molar-refractivity contribution in [2.45, 2.75) is 40.3 Å². The van der Waals surface area contributed by atoms with Crippen LogP contribution in [-0.4, -0.2) is 27.9 Å². The van der Waals surface area contributed by atoms with E-state index in [9.17, 15) is 0 Å². The van der Waals surface area contributed by atoms with E-state index in [1.165, 1.54) is 4.88 Å². The lowest BCUT2D eigenvalue weighted by Gasteiger charge is -2.26. The van der Waals surface area contributed by atoms with E-state index >= 15 is 0 Å². The molecule has 2 unspecified atom stereocenters. The van der Waals surface area contributed by atoms with Gasteiger partial charge in [0.25, 0.3) is 0 Å². The lowest BCUT2D eigenvalue weighted by molar-refractivity contribution is 0.376. The van der Waals surface area contributed by atoms with Gasteiger partial charge in [0.2, 0.25) is 0 Å². The molecule has 0 saturated heterocycles. The molecule has 1 aliphatic heterocycles. The van der Waals surface area contributed by atoms with Crippen molar-refractivity contribution in [3.05, 3.63) is 27.3 Å². The van der Waals surface area contributed by atoms with Gasteiger partial charge in [0, 0.05) is 42.5 Å². The fourth-order valence-corrected chi connectivity index (χ4v) is 3.86. The molecule has 0 radical (unpaired) electrons. The molecule has 2 aromatic heterocycles. The van der Waals surface area contributed by atoms with Crippen molar-refractivity contribution in [2.75, 3.05) is 18.4 Å². The highest BCUT2D eigenvalue weighted by Gasteiger charge is 2.20. The van der Waals surface area contributed by atoms with Gasteiger partial charge in [-0.05, 0) is 27.7 Å². The van der Waals surface area contributed by atoms with Crippen molar-refractivity contribution in [2.24, 2.45) is 5.92 Å². The second kappa shape index (κ2) is 5.77. The zero-order valence-corrected chi connectivity index (χ0v) is 13.9. The highest BCUT2D eigenvalue weighted by atomic mass is 32.1. The Morgan fingerprint density at radius 3 is 3.00 bits per heavy atom. The zero-order valence-electron chi connectivity index (χ0n) is 13.1. The van der Waals surface area contributed by atoms with Gasteiger partial charge in [-0.25, -0.2) is 9.67 Å². The van der Waals surface area contributed by atoms with Crippen LogP contribution < -0.4 is 10.6 Å². The van der Waals surface area contributed by atoms with E-state index in [-0.39, 0.29) is 0 Å². The lowest BCUT2D eigenvalue weighted by atomic mass is 10.1. The summed E-state index contributed by atoms with van der Waals surface area (Å²) in [5, 5.41) is 12.8. The van der Waals surface area contributed by atoms with Gasteiger partial charge in [-0.3, -0.25) is 0 Å². The average Bonchev–Trinajstić information content (AvgIpc) is 2.96. The molecule has 2 N–H and O–H groups in total. The molecule has 0 bridgehead atoms. The van der Waals surface area contributed by atoms with E-state index in [4.69, 9.17) is 0 Å². The van der Waals surface area contributed by atoms with Gasteiger partial charge in [0.1, 0.15) is 5.82 Å². The molecule has 0 aromatic carbocycles. The van der Waals surface area contributed by atoms with Crippen molar-refractivity contribution in [3.63, 3.8) is 0 Å². The monoisotopic (exact) mass is 305 g/mol. The number of fused-ring (bicyclic) bond motifs is 1. The summed E-state index contributed by atoms with van der Waals surface area (Å²) in [5.41, 5.74) is 2.24. The third-order valence-corrected chi connectivity index (χ3v) is 5.21. The van der Waals surface area contributed by atoms with Gasteiger partial charge in [-0.2, -0.15) is 5.10 Å². The predicted molar refractivity (Wildman–Crippen MR) is 86.9 cm³/mol. The van der Waals surface area contributed by atoms with Gasteiger partial charge in [0.05, 0.1) is 16.4 Å². The Hall–Kier alpha value is -1.40. The van der Waals surface area contributed by atoms with Gasteiger partial charge in [-0.1, -0.05) is 0 Å². The van der Waals surface area contributed by atoms with Crippen LogP contribution in [0.2, 0.25) is 0 Å². The fourth-order valence-electron chi connectivity index (χ4n) is 2.91. The standard InChI is InChI=1S/C15H23N5S/c1-9-5-14-17-7-13(8-20(14)19-9)6-16-10(2)15-11(3)18-12(4)21-15/h5,10,13,16-17H,6-8H2,1-4H3. The van der Waals surface area contributed by atoms with Crippen molar-refractivity contribution in [1.29, 1.82) is 0 Å².